The van der Waals surface area contributed by atoms with Crippen LogP contribution in [0, 0.1) is 6.92 Å². The van der Waals surface area contributed by atoms with Crippen LogP contribution in [0.1, 0.15) is 54.4 Å². The number of hydrogen-bond acceptors (Lipinski definition) is 4. The quantitative estimate of drug-likeness (QED) is 0.936. The molecule has 3 rings (SSSR count). The molecular formula is C17H22N4. The highest BCUT2D eigenvalue weighted by molar-refractivity contribution is 5.29. The smallest absolute Gasteiger partial charge is 0.0763 e. The molecule has 2 atom stereocenters. The number of nitrogens with zero attached hydrogens (tertiary/aromatic N) is 3. The number of pyridine rings is 1. The topological polar surface area (TPSA) is 50.7 Å². The van der Waals surface area contributed by atoms with Crippen LogP contribution in [0.15, 0.2) is 30.7 Å². The fraction of sp³-hybridized carbons (Fsp3) is 0.471. The van der Waals surface area contributed by atoms with Gasteiger partial charge in [0.15, 0.2) is 0 Å². The maximum Gasteiger partial charge on any atom is 0.0763 e. The summed E-state index contributed by atoms with van der Waals surface area (Å²) in [5.74, 6) is 0.381. The summed E-state index contributed by atoms with van der Waals surface area (Å²) in [4.78, 5) is 13.7. The van der Waals surface area contributed by atoms with Crippen LogP contribution >= 0.6 is 0 Å². The van der Waals surface area contributed by atoms with Crippen molar-refractivity contribution in [3.63, 3.8) is 0 Å². The summed E-state index contributed by atoms with van der Waals surface area (Å²) in [6.45, 7) is 5.02. The standard InChI is InChI=1S/C17H22N4/c1-3-18-17(15-11-20-12(2)10-21-15)14-8-4-6-13-7-5-9-19-16(13)14/h5,7,9-11,14,17-18H,3-4,6,8H2,1-2H3. The van der Waals surface area contributed by atoms with Gasteiger partial charge in [0.1, 0.15) is 0 Å². The molecule has 0 saturated heterocycles. The molecule has 2 aromatic rings. The predicted molar refractivity (Wildman–Crippen MR) is 83.1 cm³/mol. The average Bonchev–Trinajstić information content (AvgIpc) is 2.53. The molecule has 110 valence electrons. The van der Waals surface area contributed by atoms with Crippen molar-refractivity contribution in [2.45, 2.75) is 45.1 Å². The number of rotatable bonds is 4. The van der Waals surface area contributed by atoms with Crippen molar-refractivity contribution in [3.05, 3.63) is 53.4 Å². The highest BCUT2D eigenvalue weighted by atomic mass is 15.0. The van der Waals surface area contributed by atoms with Crippen molar-refractivity contribution >= 4 is 0 Å². The predicted octanol–water partition coefficient (Wildman–Crippen LogP) is 2.95. The van der Waals surface area contributed by atoms with Gasteiger partial charge in [0.25, 0.3) is 0 Å². The minimum absolute atomic E-state index is 0.192. The lowest BCUT2D eigenvalue weighted by atomic mass is 9.81. The highest BCUT2D eigenvalue weighted by Gasteiger charge is 2.30. The van der Waals surface area contributed by atoms with Crippen LogP contribution in [0.2, 0.25) is 0 Å². The fourth-order valence-corrected chi connectivity index (χ4v) is 3.21. The largest absolute Gasteiger partial charge is 0.308 e. The molecule has 0 spiro atoms. The number of fused-ring (bicyclic) bond motifs is 1. The van der Waals surface area contributed by atoms with Crippen molar-refractivity contribution < 1.29 is 0 Å². The maximum atomic E-state index is 4.66. The Kier molecular flexibility index (Phi) is 4.25. The molecule has 4 nitrogen and oxygen atoms in total. The first-order valence-electron chi connectivity index (χ1n) is 7.75. The molecule has 0 aromatic carbocycles. The van der Waals surface area contributed by atoms with Crippen LogP contribution in [-0.4, -0.2) is 21.5 Å². The van der Waals surface area contributed by atoms with Crippen molar-refractivity contribution in [2.24, 2.45) is 0 Å². The van der Waals surface area contributed by atoms with Crippen LogP contribution < -0.4 is 5.32 Å². The molecule has 0 radical (unpaired) electrons. The van der Waals surface area contributed by atoms with Gasteiger partial charge in [-0.25, -0.2) is 0 Å². The fourth-order valence-electron chi connectivity index (χ4n) is 3.21. The summed E-state index contributed by atoms with van der Waals surface area (Å²) in [6, 6.07) is 4.44. The van der Waals surface area contributed by atoms with E-state index in [-0.39, 0.29) is 6.04 Å². The lowest BCUT2D eigenvalue weighted by Crippen LogP contribution is -2.30. The van der Waals surface area contributed by atoms with Crippen LogP contribution in [0.3, 0.4) is 0 Å². The van der Waals surface area contributed by atoms with E-state index in [4.69, 9.17) is 0 Å². The lowest BCUT2D eigenvalue weighted by Gasteiger charge is -2.31. The van der Waals surface area contributed by atoms with Gasteiger partial charge in [-0.3, -0.25) is 15.0 Å². The minimum Gasteiger partial charge on any atom is -0.308 e. The molecule has 1 aliphatic carbocycles. The molecule has 1 N–H and O–H groups in total. The van der Waals surface area contributed by atoms with E-state index < -0.39 is 0 Å². The van der Waals surface area contributed by atoms with Crippen LogP contribution in [-0.2, 0) is 6.42 Å². The number of likely N-dealkylation sites (N-methyl/N-ethyl adjacent to an activating group) is 1. The van der Waals surface area contributed by atoms with Crippen molar-refractivity contribution in [1.82, 2.24) is 20.3 Å². The number of hydrogen-bond donors (Lipinski definition) is 1. The summed E-state index contributed by atoms with van der Waals surface area (Å²) >= 11 is 0. The summed E-state index contributed by atoms with van der Waals surface area (Å²) < 4.78 is 0. The Hall–Kier alpha value is -1.81. The van der Waals surface area contributed by atoms with E-state index in [1.165, 1.54) is 17.7 Å². The molecule has 4 heteroatoms. The number of aromatic nitrogens is 3. The second-order valence-electron chi connectivity index (χ2n) is 5.66. The molecule has 2 aromatic heterocycles. The molecule has 2 unspecified atom stereocenters. The third kappa shape index (κ3) is 2.95. The summed E-state index contributed by atoms with van der Waals surface area (Å²) in [6.07, 6.45) is 9.16. The van der Waals surface area contributed by atoms with E-state index in [1.54, 1.807) is 0 Å². The zero-order valence-corrected chi connectivity index (χ0v) is 12.7. The first-order valence-corrected chi connectivity index (χ1v) is 7.75. The van der Waals surface area contributed by atoms with Gasteiger partial charge in [0, 0.05) is 24.0 Å². The van der Waals surface area contributed by atoms with Crippen LogP contribution in [0.5, 0.6) is 0 Å². The lowest BCUT2D eigenvalue weighted by molar-refractivity contribution is 0.393. The van der Waals surface area contributed by atoms with E-state index in [1.807, 2.05) is 31.6 Å². The normalized spacial score (nSPS) is 19.0. The van der Waals surface area contributed by atoms with Crippen LogP contribution in [0.25, 0.3) is 0 Å². The SMILES string of the molecule is CCNC(c1cnc(C)cn1)C1CCCc2cccnc21. The first-order chi connectivity index (χ1) is 10.3. The van der Waals surface area contributed by atoms with Crippen molar-refractivity contribution in [2.75, 3.05) is 6.54 Å². The molecule has 0 amide bonds. The third-order valence-corrected chi connectivity index (χ3v) is 4.18. The van der Waals surface area contributed by atoms with Gasteiger partial charge in [-0.1, -0.05) is 13.0 Å². The van der Waals surface area contributed by atoms with Gasteiger partial charge in [0.2, 0.25) is 0 Å². The minimum atomic E-state index is 0.192. The van der Waals surface area contributed by atoms with Gasteiger partial charge in [-0.2, -0.15) is 0 Å². The van der Waals surface area contributed by atoms with E-state index in [9.17, 15) is 0 Å². The molecule has 1 aliphatic rings. The van der Waals surface area contributed by atoms with Crippen molar-refractivity contribution in [3.8, 4) is 0 Å². The van der Waals surface area contributed by atoms with Gasteiger partial charge in [-0.05, 0) is 44.4 Å². The van der Waals surface area contributed by atoms with Gasteiger partial charge in [-0.15, -0.1) is 0 Å². The van der Waals surface area contributed by atoms with E-state index in [0.717, 1.165) is 30.8 Å². The summed E-state index contributed by atoms with van der Waals surface area (Å²) in [7, 11) is 0. The van der Waals surface area contributed by atoms with Gasteiger partial charge < -0.3 is 5.32 Å². The molecule has 2 heterocycles. The molecule has 0 aliphatic heterocycles. The molecule has 21 heavy (non-hydrogen) atoms. The average molecular weight is 282 g/mol. The molecule has 0 bridgehead atoms. The number of nitrogens with one attached hydrogen (secondary N) is 1. The molecular weight excluding hydrogens is 260 g/mol. The first kappa shape index (κ1) is 14.1. The Morgan fingerprint density at radius 1 is 1.29 bits per heavy atom. The van der Waals surface area contributed by atoms with Crippen molar-refractivity contribution in [1.29, 1.82) is 0 Å². The van der Waals surface area contributed by atoms with E-state index in [0.29, 0.717) is 5.92 Å². The monoisotopic (exact) mass is 282 g/mol. The van der Waals surface area contributed by atoms with Gasteiger partial charge in [0.05, 0.1) is 23.6 Å². The second kappa shape index (κ2) is 6.31. The molecule has 0 saturated carbocycles. The Morgan fingerprint density at radius 2 is 2.19 bits per heavy atom. The Bertz CT molecular complexity index is 594. The zero-order chi connectivity index (χ0) is 14.7. The summed E-state index contributed by atoms with van der Waals surface area (Å²) in [5.41, 5.74) is 4.59. The van der Waals surface area contributed by atoms with Crippen LogP contribution in [0.4, 0.5) is 0 Å². The summed E-state index contributed by atoms with van der Waals surface area (Å²) in [5, 5.41) is 3.59. The number of aryl methyl sites for hydroxylation is 2. The second-order valence-corrected chi connectivity index (χ2v) is 5.66. The maximum absolute atomic E-state index is 4.66. The highest BCUT2D eigenvalue weighted by Crippen LogP contribution is 2.38. The Balaban J connectivity index is 1.96. The molecule has 0 fully saturated rings. The van der Waals surface area contributed by atoms with E-state index in [2.05, 4.69) is 33.3 Å². The Morgan fingerprint density at radius 3 is 2.95 bits per heavy atom. The zero-order valence-electron chi connectivity index (χ0n) is 12.7. The third-order valence-electron chi connectivity index (χ3n) is 4.18. The Labute approximate surface area is 126 Å². The van der Waals surface area contributed by atoms with Gasteiger partial charge >= 0.3 is 0 Å². The van der Waals surface area contributed by atoms with E-state index >= 15 is 0 Å².